The van der Waals surface area contributed by atoms with Crippen LogP contribution in [-0.2, 0) is 0 Å². The van der Waals surface area contributed by atoms with Crippen LogP contribution in [0.2, 0.25) is 0 Å². The average molecular weight is 235 g/mol. The molecule has 0 spiro atoms. The number of ether oxygens (including phenoxy) is 1. The van der Waals surface area contributed by atoms with Gasteiger partial charge in [-0.05, 0) is 18.7 Å². The van der Waals surface area contributed by atoms with Gasteiger partial charge in [-0.1, -0.05) is 6.92 Å². The number of anilines is 2. The fourth-order valence-corrected chi connectivity index (χ4v) is 2.25. The first-order chi connectivity index (χ1) is 8.24. The molecule has 0 aromatic heterocycles. The Balaban J connectivity index is 2.08. The number of nitrogens with two attached hydrogens (primary N) is 1. The Morgan fingerprint density at radius 1 is 1.24 bits per heavy atom. The molecule has 1 fully saturated rings. The Morgan fingerprint density at radius 3 is 2.47 bits per heavy atom. The van der Waals surface area contributed by atoms with Crippen molar-refractivity contribution in [3.05, 3.63) is 18.2 Å². The SMILES string of the molecule is CCN1CCN(c2ccc(OC)cc2N)CC1. The van der Waals surface area contributed by atoms with E-state index >= 15 is 0 Å². The van der Waals surface area contributed by atoms with Crippen LogP contribution in [0.15, 0.2) is 18.2 Å². The van der Waals surface area contributed by atoms with Gasteiger partial charge in [-0.15, -0.1) is 0 Å². The van der Waals surface area contributed by atoms with E-state index in [2.05, 4.69) is 22.8 Å². The molecule has 4 heteroatoms. The number of benzene rings is 1. The molecule has 1 saturated heterocycles. The highest BCUT2D eigenvalue weighted by Gasteiger charge is 2.17. The summed E-state index contributed by atoms with van der Waals surface area (Å²) in [6, 6.07) is 5.91. The molecule has 1 aromatic carbocycles. The quantitative estimate of drug-likeness (QED) is 0.805. The minimum atomic E-state index is 0.800. The second kappa shape index (κ2) is 5.27. The lowest BCUT2D eigenvalue weighted by atomic mass is 10.2. The lowest BCUT2D eigenvalue weighted by Gasteiger charge is -2.36. The van der Waals surface area contributed by atoms with Crippen LogP contribution in [0.3, 0.4) is 0 Å². The second-order valence-electron chi connectivity index (χ2n) is 4.35. The fourth-order valence-electron chi connectivity index (χ4n) is 2.25. The number of methoxy groups -OCH3 is 1. The summed E-state index contributed by atoms with van der Waals surface area (Å²) in [5.41, 5.74) is 7.99. The highest BCUT2D eigenvalue weighted by molar-refractivity contribution is 5.69. The van der Waals surface area contributed by atoms with Gasteiger partial charge in [0.1, 0.15) is 5.75 Å². The predicted molar refractivity (Wildman–Crippen MR) is 71.7 cm³/mol. The largest absolute Gasteiger partial charge is 0.497 e. The van der Waals surface area contributed by atoms with E-state index in [4.69, 9.17) is 10.5 Å². The monoisotopic (exact) mass is 235 g/mol. The van der Waals surface area contributed by atoms with Crippen LogP contribution in [0.5, 0.6) is 5.75 Å². The maximum Gasteiger partial charge on any atom is 0.121 e. The summed E-state index contributed by atoms with van der Waals surface area (Å²) in [7, 11) is 1.66. The van der Waals surface area contributed by atoms with E-state index in [1.165, 1.54) is 0 Å². The van der Waals surface area contributed by atoms with E-state index in [0.29, 0.717) is 0 Å². The molecule has 4 nitrogen and oxygen atoms in total. The van der Waals surface area contributed by atoms with Crippen molar-refractivity contribution in [2.75, 3.05) is 50.5 Å². The molecule has 1 aliphatic rings. The number of likely N-dealkylation sites (N-methyl/N-ethyl adjacent to an activating group) is 1. The van der Waals surface area contributed by atoms with Crippen molar-refractivity contribution in [3.8, 4) is 5.75 Å². The van der Waals surface area contributed by atoms with Gasteiger partial charge in [-0.3, -0.25) is 0 Å². The summed E-state index contributed by atoms with van der Waals surface area (Å²) in [6.07, 6.45) is 0. The molecule has 94 valence electrons. The van der Waals surface area contributed by atoms with Gasteiger partial charge in [0.15, 0.2) is 0 Å². The van der Waals surface area contributed by atoms with Crippen molar-refractivity contribution < 1.29 is 4.74 Å². The first-order valence-corrected chi connectivity index (χ1v) is 6.15. The lowest BCUT2D eigenvalue weighted by molar-refractivity contribution is 0.271. The molecule has 0 atom stereocenters. The summed E-state index contributed by atoms with van der Waals surface area (Å²) in [6.45, 7) is 7.65. The maximum absolute atomic E-state index is 6.06. The number of piperazine rings is 1. The molecule has 17 heavy (non-hydrogen) atoms. The number of hydrogen-bond acceptors (Lipinski definition) is 4. The van der Waals surface area contributed by atoms with Crippen molar-refractivity contribution in [1.82, 2.24) is 4.90 Å². The van der Waals surface area contributed by atoms with E-state index in [1.807, 2.05) is 12.1 Å². The molecule has 0 radical (unpaired) electrons. The Morgan fingerprint density at radius 2 is 1.94 bits per heavy atom. The minimum Gasteiger partial charge on any atom is -0.497 e. The number of hydrogen-bond donors (Lipinski definition) is 1. The Bertz CT molecular complexity index is 373. The molecular weight excluding hydrogens is 214 g/mol. The van der Waals surface area contributed by atoms with Crippen LogP contribution >= 0.6 is 0 Å². The molecule has 0 saturated carbocycles. The average Bonchev–Trinajstić information content (AvgIpc) is 2.39. The van der Waals surface area contributed by atoms with Crippen LogP contribution in [0.1, 0.15) is 6.92 Å². The van der Waals surface area contributed by atoms with E-state index in [1.54, 1.807) is 7.11 Å². The molecule has 1 aliphatic heterocycles. The van der Waals surface area contributed by atoms with Gasteiger partial charge >= 0.3 is 0 Å². The van der Waals surface area contributed by atoms with Gasteiger partial charge in [0, 0.05) is 32.2 Å². The smallest absolute Gasteiger partial charge is 0.121 e. The first kappa shape index (κ1) is 12.0. The summed E-state index contributed by atoms with van der Waals surface area (Å²) in [4.78, 5) is 4.80. The van der Waals surface area contributed by atoms with Gasteiger partial charge in [-0.25, -0.2) is 0 Å². The summed E-state index contributed by atoms with van der Waals surface area (Å²) in [5, 5.41) is 0. The zero-order valence-corrected chi connectivity index (χ0v) is 10.6. The summed E-state index contributed by atoms with van der Waals surface area (Å²) in [5.74, 6) is 0.818. The third-order valence-corrected chi connectivity index (χ3v) is 3.39. The molecule has 2 N–H and O–H groups in total. The van der Waals surface area contributed by atoms with Crippen LogP contribution in [0.4, 0.5) is 11.4 Å². The highest BCUT2D eigenvalue weighted by atomic mass is 16.5. The highest BCUT2D eigenvalue weighted by Crippen LogP contribution is 2.28. The van der Waals surface area contributed by atoms with Crippen molar-refractivity contribution >= 4 is 11.4 Å². The van der Waals surface area contributed by atoms with Gasteiger partial charge in [-0.2, -0.15) is 0 Å². The van der Waals surface area contributed by atoms with Gasteiger partial charge < -0.3 is 20.3 Å². The van der Waals surface area contributed by atoms with Gasteiger partial charge in [0.05, 0.1) is 18.5 Å². The van der Waals surface area contributed by atoms with Crippen LogP contribution in [0, 0.1) is 0 Å². The molecular formula is C13H21N3O. The Labute approximate surface area is 103 Å². The number of nitrogen functional groups attached to an aromatic ring is 1. The molecule has 0 aliphatic carbocycles. The fraction of sp³-hybridized carbons (Fsp3) is 0.538. The van der Waals surface area contributed by atoms with E-state index in [0.717, 1.165) is 49.8 Å². The lowest BCUT2D eigenvalue weighted by Crippen LogP contribution is -2.46. The summed E-state index contributed by atoms with van der Waals surface area (Å²) < 4.78 is 5.17. The third-order valence-electron chi connectivity index (χ3n) is 3.39. The van der Waals surface area contributed by atoms with Crippen LogP contribution in [-0.4, -0.2) is 44.7 Å². The second-order valence-corrected chi connectivity index (χ2v) is 4.35. The van der Waals surface area contributed by atoms with Crippen LogP contribution < -0.4 is 15.4 Å². The zero-order valence-electron chi connectivity index (χ0n) is 10.6. The molecule has 1 heterocycles. The Hall–Kier alpha value is -1.42. The molecule has 0 amide bonds. The van der Waals surface area contributed by atoms with Crippen molar-refractivity contribution in [2.24, 2.45) is 0 Å². The van der Waals surface area contributed by atoms with Gasteiger partial charge in [0.25, 0.3) is 0 Å². The minimum absolute atomic E-state index is 0.800. The molecule has 0 bridgehead atoms. The maximum atomic E-state index is 6.06. The van der Waals surface area contributed by atoms with E-state index < -0.39 is 0 Å². The summed E-state index contributed by atoms with van der Waals surface area (Å²) >= 11 is 0. The predicted octanol–water partition coefficient (Wildman–Crippen LogP) is 1.42. The van der Waals surface area contributed by atoms with Crippen molar-refractivity contribution in [2.45, 2.75) is 6.92 Å². The molecule has 1 aromatic rings. The third kappa shape index (κ3) is 2.64. The van der Waals surface area contributed by atoms with Crippen molar-refractivity contribution in [1.29, 1.82) is 0 Å². The normalized spacial score (nSPS) is 17.2. The topological polar surface area (TPSA) is 41.7 Å². The molecule has 2 rings (SSSR count). The van der Waals surface area contributed by atoms with Crippen molar-refractivity contribution in [3.63, 3.8) is 0 Å². The van der Waals surface area contributed by atoms with Gasteiger partial charge in [0.2, 0.25) is 0 Å². The zero-order chi connectivity index (χ0) is 12.3. The van der Waals surface area contributed by atoms with E-state index in [-0.39, 0.29) is 0 Å². The Kier molecular flexibility index (Phi) is 3.74. The van der Waals surface area contributed by atoms with E-state index in [9.17, 15) is 0 Å². The molecule has 0 unspecified atom stereocenters. The number of nitrogens with zero attached hydrogens (tertiary/aromatic N) is 2. The standard InChI is InChI=1S/C13H21N3O/c1-3-15-6-8-16(9-7-15)13-5-4-11(17-2)10-12(13)14/h4-5,10H,3,6-9,14H2,1-2H3. The van der Waals surface area contributed by atoms with Crippen LogP contribution in [0.25, 0.3) is 0 Å². The first-order valence-electron chi connectivity index (χ1n) is 6.15. The number of rotatable bonds is 3.